The zero-order valence-corrected chi connectivity index (χ0v) is 21.4. The molecule has 0 bridgehead atoms. The van der Waals surface area contributed by atoms with Gasteiger partial charge in [0, 0.05) is 38.8 Å². The lowest BCUT2D eigenvalue weighted by Gasteiger charge is -2.12. The van der Waals surface area contributed by atoms with Crippen LogP contribution >= 0.6 is 0 Å². The molecule has 39 heavy (non-hydrogen) atoms. The van der Waals surface area contributed by atoms with Gasteiger partial charge >= 0.3 is 0 Å². The van der Waals surface area contributed by atoms with Gasteiger partial charge in [-0.3, -0.25) is 0 Å². The molecule has 0 spiro atoms. The summed E-state index contributed by atoms with van der Waals surface area (Å²) in [6.07, 6.45) is 6.74. The van der Waals surface area contributed by atoms with Crippen molar-refractivity contribution in [2.24, 2.45) is 0 Å². The van der Waals surface area contributed by atoms with E-state index < -0.39 is 0 Å². The molecule has 186 valence electrons. The number of benzene rings is 5. The molecular formula is C36H26N2O. The zero-order chi connectivity index (χ0) is 25.8. The highest BCUT2D eigenvalue weighted by molar-refractivity contribution is 6.10. The second kappa shape index (κ2) is 8.78. The van der Waals surface area contributed by atoms with Gasteiger partial charge in [0.1, 0.15) is 5.58 Å². The normalized spacial score (nSPS) is 12.8. The minimum absolute atomic E-state index is 0.867. The number of aryl methyl sites for hydroxylation is 1. The van der Waals surface area contributed by atoms with E-state index in [2.05, 4.69) is 131 Å². The third kappa shape index (κ3) is 3.51. The molecule has 1 N–H and O–H groups in total. The molecule has 1 aliphatic rings. The number of para-hydroxylation sites is 3. The molecule has 0 unspecified atom stereocenters. The fraction of sp³-hybridized carbons (Fsp3) is 0.0556. The summed E-state index contributed by atoms with van der Waals surface area (Å²) in [5, 5.41) is 7.24. The number of rotatable bonds is 4. The van der Waals surface area contributed by atoms with Crippen LogP contribution in [0, 0.1) is 0 Å². The fourth-order valence-corrected chi connectivity index (χ4v) is 6.10. The van der Waals surface area contributed by atoms with Gasteiger partial charge in [0.15, 0.2) is 5.58 Å². The van der Waals surface area contributed by atoms with E-state index in [1.165, 1.54) is 27.7 Å². The molecule has 0 atom stereocenters. The van der Waals surface area contributed by atoms with Crippen molar-refractivity contribution in [1.29, 1.82) is 0 Å². The first-order chi connectivity index (χ1) is 19.3. The third-order valence-corrected chi connectivity index (χ3v) is 7.88. The van der Waals surface area contributed by atoms with E-state index in [1.807, 2.05) is 6.07 Å². The van der Waals surface area contributed by atoms with Gasteiger partial charge < -0.3 is 14.3 Å². The highest BCUT2D eigenvalue weighted by Gasteiger charge is 2.19. The van der Waals surface area contributed by atoms with Crippen LogP contribution in [-0.2, 0) is 6.42 Å². The first kappa shape index (κ1) is 22.0. The van der Waals surface area contributed by atoms with Crippen molar-refractivity contribution >= 4 is 50.3 Å². The molecule has 7 aromatic rings. The summed E-state index contributed by atoms with van der Waals surface area (Å²) in [5.74, 6) is 0. The van der Waals surface area contributed by atoms with E-state index >= 15 is 0 Å². The van der Waals surface area contributed by atoms with Crippen molar-refractivity contribution in [3.63, 3.8) is 0 Å². The lowest BCUT2D eigenvalue weighted by molar-refractivity contribution is 0.670. The predicted octanol–water partition coefficient (Wildman–Crippen LogP) is 9.90. The van der Waals surface area contributed by atoms with E-state index in [4.69, 9.17) is 4.42 Å². The molecule has 3 nitrogen and oxygen atoms in total. The quantitative estimate of drug-likeness (QED) is 0.260. The molecule has 8 rings (SSSR count). The number of nitrogens with zero attached hydrogens (tertiary/aromatic N) is 1. The molecule has 2 aromatic heterocycles. The number of anilines is 2. The maximum absolute atomic E-state index is 6.49. The maximum Gasteiger partial charge on any atom is 0.158 e. The van der Waals surface area contributed by atoms with Crippen molar-refractivity contribution in [3.05, 3.63) is 133 Å². The van der Waals surface area contributed by atoms with Gasteiger partial charge in [0.2, 0.25) is 0 Å². The molecular weight excluding hydrogens is 476 g/mol. The minimum Gasteiger partial charge on any atom is -0.454 e. The average Bonchev–Trinajstić information content (AvgIpc) is 3.54. The SMILES string of the molecule is C1=Cc2c(c3ccccc3n2-c2ccc3oc4c(Nc5ccccc5-c5ccccc5)cccc4c3c2)CC1. The summed E-state index contributed by atoms with van der Waals surface area (Å²) in [5.41, 5.74) is 11.2. The van der Waals surface area contributed by atoms with Crippen molar-refractivity contribution in [1.82, 2.24) is 4.57 Å². The Morgan fingerprint density at radius 1 is 0.667 bits per heavy atom. The first-order valence-corrected chi connectivity index (χ1v) is 13.5. The van der Waals surface area contributed by atoms with Gasteiger partial charge in [-0.2, -0.15) is 0 Å². The van der Waals surface area contributed by atoms with Gasteiger partial charge in [0.25, 0.3) is 0 Å². The fourth-order valence-electron chi connectivity index (χ4n) is 6.10. The van der Waals surface area contributed by atoms with Crippen LogP contribution in [0.4, 0.5) is 11.4 Å². The minimum atomic E-state index is 0.867. The summed E-state index contributed by atoms with van der Waals surface area (Å²) >= 11 is 0. The van der Waals surface area contributed by atoms with Crippen molar-refractivity contribution in [3.8, 4) is 16.8 Å². The van der Waals surface area contributed by atoms with Crippen LogP contribution in [0.15, 0.2) is 126 Å². The Hall–Kier alpha value is -5.02. The Morgan fingerprint density at radius 2 is 1.46 bits per heavy atom. The van der Waals surface area contributed by atoms with Gasteiger partial charge in [-0.05, 0) is 66.4 Å². The van der Waals surface area contributed by atoms with Crippen LogP contribution in [0.2, 0.25) is 0 Å². The van der Waals surface area contributed by atoms with Crippen molar-refractivity contribution < 1.29 is 4.42 Å². The number of allylic oxidation sites excluding steroid dienone is 1. The molecule has 2 heterocycles. The topological polar surface area (TPSA) is 30.1 Å². The number of hydrogen-bond donors (Lipinski definition) is 1. The van der Waals surface area contributed by atoms with E-state index in [0.717, 1.165) is 57.4 Å². The van der Waals surface area contributed by atoms with E-state index in [1.54, 1.807) is 0 Å². The summed E-state index contributed by atoms with van der Waals surface area (Å²) in [4.78, 5) is 0. The summed E-state index contributed by atoms with van der Waals surface area (Å²) < 4.78 is 8.89. The number of fused-ring (bicyclic) bond motifs is 6. The molecule has 0 saturated carbocycles. The van der Waals surface area contributed by atoms with E-state index in [-0.39, 0.29) is 0 Å². The third-order valence-electron chi connectivity index (χ3n) is 7.88. The summed E-state index contributed by atoms with van der Waals surface area (Å²) in [6.45, 7) is 0. The molecule has 0 saturated heterocycles. The van der Waals surface area contributed by atoms with Gasteiger partial charge in [-0.1, -0.05) is 84.9 Å². The van der Waals surface area contributed by atoms with Crippen molar-refractivity contribution in [2.75, 3.05) is 5.32 Å². The second-order valence-corrected chi connectivity index (χ2v) is 10.2. The number of nitrogens with one attached hydrogen (secondary N) is 1. The second-order valence-electron chi connectivity index (χ2n) is 10.2. The van der Waals surface area contributed by atoms with Crippen LogP contribution < -0.4 is 5.32 Å². The van der Waals surface area contributed by atoms with Crippen LogP contribution in [-0.4, -0.2) is 4.57 Å². The number of hydrogen-bond acceptors (Lipinski definition) is 2. The molecule has 0 radical (unpaired) electrons. The Balaban J connectivity index is 1.27. The Labute approximate surface area is 226 Å². The highest BCUT2D eigenvalue weighted by atomic mass is 16.3. The van der Waals surface area contributed by atoms with Crippen LogP contribution in [0.3, 0.4) is 0 Å². The van der Waals surface area contributed by atoms with Gasteiger partial charge in [0.05, 0.1) is 11.2 Å². The van der Waals surface area contributed by atoms with Crippen LogP contribution in [0.5, 0.6) is 0 Å². The maximum atomic E-state index is 6.49. The van der Waals surface area contributed by atoms with Gasteiger partial charge in [-0.25, -0.2) is 0 Å². The van der Waals surface area contributed by atoms with E-state index in [9.17, 15) is 0 Å². The molecule has 3 heteroatoms. The summed E-state index contributed by atoms with van der Waals surface area (Å²) in [7, 11) is 0. The lowest BCUT2D eigenvalue weighted by Crippen LogP contribution is -2.00. The monoisotopic (exact) mass is 502 g/mol. The average molecular weight is 503 g/mol. The van der Waals surface area contributed by atoms with Gasteiger partial charge in [-0.15, -0.1) is 0 Å². The van der Waals surface area contributed by atoms with Crippen molar-refractivity contribution in [2.45, 2.75) is 12.8 Å². The first-order valence-electron chi connectivity index (χ1n) is 13.5. The summed E-state index contributed by atoms with van der Waals surface area (Å²) in [6, 6.07) is 40.6. The Morgan fingerprint density at radius 3 is 2.41 bits per heavy atom. The molecule has 0 fully saturated rings. The number of aromatic nitrogens is 1. The Kier molecular flexibility index (Phi) is 4.95. The lowest BCUT2D eigenvalue weighted by atomic mass is 10.0. The number of furan rings is 1. The predicted molar refractivity (Wildman–Crippen MR) is 163 cm³/mol. The molecule has 0 amide bonds. The molecule has 1 aliphatic carbocycles. The Bertz CT molecular complexity index is 2040. The standard InChI is InChI=1S/C36H26N2O/c1-2-11-24(12-3-1)26-13-4-7-17-31(26)37-32-18-10-16-29-30-23-25(21-22-35(30)39-36(29)32)38-33-19-8-5-14-27(33)28-15-6-9-20-34(28)38/h1-5,7-14,16-23,37H,6,15H2. The smallest absolute Gasteiger partial charge is 0.158 e. The van der Waals surface area contributed by atoms with Crippen LogP contribution in [0.25, 0.3) is 55.7 Å². The highest BCUT2D eigenvalue weighted by Crippen LogP contribution is 2.39. The largest absolute Gasteiger partial charge is 0.454 e. The van der Waals surface area contributed by atoms with Crippen LogP contribution in [0.1, 0.15) is 17.7 Å². The molecule has 0 aliphatic heterocycles. The molecule has 5 aromatic carbocycles. The van der Waals surface area contributed by atoms with E-state index in [0.29, 0.717) is 0 Å². The zero-order valence-electron chi connectivity index (χ0n) is 21.4.